The van der Waals surface area contributed by atoms with E-state index in [1.54, 1.807) is 13.8 Å². The van der Waals surface area contributed by atoms with E-state index in [1.165, 1.54) is 24.3 Å². The lowest BCUT2D eigenvalue weighted by Crippen LogP contribution is -3.14. The molecule has 2 atom stereocenters. The third-order valence-electron chi connectivity index (χ3n) is 6.03. The van der Waals surface area contributed by atoms with E-state index in [0.29, 0.717) is 29.2 Å². The molecule has 0 radical (unpaired) electrons. The normalized spacial score (nSPS) is 20.9. The van der Waals surface area contributed by atoms with Crippen LogP contribution in [0.25, 0.3) is 11.0 Å². The van der Waals surface area contributed by atoms with Crippen molar-refractivity contribution >= 4 is 22.6 Å². The van der Waals surface area contributed by atoms with Crippen LogP contribution in [0.4, 0.5) is 13.2 Å². The molecule has 3 aromatic rings. The summed E-state index contributed by atoms with van der Waals surface area (Å²) in [6, 6.07) is 5.43. The Hall–Kier alpha value is -2.75. The number of alkyl halides is 3. The van der Waals surface area contributed by atoms with Gasteiger partial charge in [0.05, 0.1) is 10.9 Å². The smallest absolute Gasteiger partial charge is 0.453 e. The number of aromatic hydroxyl groups is 1. The van der Waals surface area contributed by atoms with Crippen molar-refractivity contribution < 1.29 is 37.1 Å². The average molecular weight is 513 g/mol. The number of hydrogen-bond donors (Lipinski definition) is 2. The number of halogens is 4. The van der Waals surface area contributed by atoms with Gasteiger partial charge in [0.1, 0.15) is 43.3 Å². The van der Waals surface area contributed by atoms with Crippen LogP contribution >= 0.6 is 11.6 Å². The Morgan fingerprint density at radius 2 is 1.74 bits per heavy atom. The molecule has 2 unspecified atom stereocenters. The molecular formula is C25H26ClF3NO5+. The quantitative estimate of drug-likeness (QED) is 0.527. The molecule has 1 saturated heterocycles. The van der Waals surface area contributed by atoms with E-state index >= 15 is 0 Å². The Kier molecular flexibility index (Phi) is 6.78. The van der Waals surface area contributed by atoms with E-state index in [2.05, 4.69) is 0 Å². The minimum Gasteiger partial charge on any atom is -0.507 e. The summed E-state index contributed by atoms with van der Waals surface area (Å²) >= 11 is 6.15. The number of fused-ring (bicyclic) bond motifs is 1. The molecule has 1 aliphatic heterocycles. The lowest BCUT2D eigenvalue weighted by atomic mass is 10.1. The van der Waals surface area contributed by atoms with Crippen molar-refractivity contribution in [3.05, 3.63) is 62.0 Å². The van der Waals surface area contributed by atoms with E-state index in [4.69, 9.17) is 25.5 Å². The van der Waals surface area contributed by atoms with Gasteiger partial charge in [-0.15, -0.1) is 0 Å². The zero-order valence-electron chi connectivity index (χ0n) is 19.7. The maximum absolute atomic E-state index is 14.1. The van der Waals surface area contributed by atoms with Crippen molar-refractivity contribution in [1.82, 2.24) is 0 Å². The zero-order valence-corrected chi connectivity index (χ0v) is 20.4. The van der Waals surface area contributed by atoms with Crippen molar-refractivity contribution in [2.45, 2.75) is 52.6 Å². The van der Waals surface area contributed by atoms with E-state index < -0.39 is 23.1 Å². The highest BCUT2D eigenvalue weighted by atomic mass is 35.5. The Labute approximate surface area is 204 Å². The summed E-state index contributed by atoms with van der Waals surface area (Å²) < 4.78 is 58.7. The van der Waals surface area contributed by atoms with Crippen LogP contribution in [0, 0.1) is 13.8 Å². The summed E-state index contributed by atoms with van der Waals surface area (Å²) in [5.74, 6) is -2.75. The Balaban J connectivity index is 1.86. The highest BCUT2D eigenvalue weighted by Crippen LogP contribution is 2.40. The highest BCUT2D eigenvalue weighted by Gasteiger charge is 2.41. The average Bonchev–Trinajstić information content (AvgIpc) is 2.74. The first kappa shape index (κ1) is 25.3. The third kappa shape index (κ3) is 5.12. The summed E-state index contributed by atoms with van der Waals surface area (Å²) in [6.45, 7) is 8.52. The fourth-order valence-electron chi connectivity index (χ4n) is 4.60. The van der Waals surface area contributed by atoms with Crippen LogP contribution in [0.2, 0.25) is 5.02 Å². The standard InChI is InChI=1S/C25H25ClF3NO5/c1-12-7-16(8-13(2)20(12)26)34-23-21(32)17-5-6-19(31)18(22(17)35-24(23)25(27,28)29)11-30-9-14(3)33-15(4)10-30/h5-8,14-15,31H,9-11H2,1-4H3/p+1. The largest absolute Gasteiger partial charge is 0.507 e. The zero-order chi connectivity index (χ0) is 25.7. The molecule has 2 N–H and O–H groups in total. The van der Waals surface area contributed by atoms with Crippen LogP contribution in [0.1, 0.15) is 36.3 Å². The summed E-state index contributed by atoms with van der Waals surface area (Å²) in [7, 11) is 0. The number of phenols is 1. The number of benzene rings is 2. The van der Waals surface area contributed by atoms with Gasteiger partial charge in [0.15, 0.2) is 5.58 Å². The van der Waals surface area contributed by atoms with Gasteiger partial charge < -0.3 is 23.9 Å². The van der Waals surface area contributed by atoms with Gasteiger partial charge >= 0.3 is 6.18 Å². The molecular weight excluding hydrogens is 487 g/mol. The molecule has 10 heteroatoms. The molecule has 35 heavy (non-hydrogen) atoms. The highest BCUT2D eigenvalue weighted by molar-refractivity contribution is 6.32. The number of nitrogens with one attached hydrogen (secondary N) is 1. The van der Waals surface area contributed by atoms with Crippen molar-refractivity contribution in [2.75, 3.05) is 13.1 Å². The molecule has 0 amide bonds. The number of phenolic OH excluding ortho intramolecular Hbond substituents is 1. The van der Waals surface area contributed by atoms with Gasteiger partial charge in [-0.25, -0.2) is 0 Å². The van der Waals surface area contributed by atoms with E-state index in [9.17, 15) is 23.1 Å². The van der Waals surface area contributed by atoms with Gasteiger partial charge in [0.25, 0.3) is 5.76 Å². The summed E-state index contributed by atoms with van der Waals surface area (Å²) in [4.78, 5) is 14.3. The summed E-state index contributed by atoms with van der Waals surface area (Å²) in [5, 5.41) is 10.9. The molecule has 0 saturated carbocycles. The lowest BCUT2D eigenvalue weighted by Gasteiger charge is -2.32. The minimum absolute atomic E-state index is 0.0290. The van der Waals surface area contributed by atoms with Crippen LogP contribution in [-0.4, -0.2) is 30.4 Å². The second-order valence-electron chi connectivity index (χ2n) is 9.09. The second kappa shape index (κ2) is 9.37. The third-order valence-corrected chi connectivity index (χ3v) is 6.62. The molecule has 188 valence electrons. The lowest BCUT2D eigenvalue weighted by molar-refractivity contribution is -0.928. The van der Waals surface area contributed by atoms with Crippen molar-refractivity contribution in [3.63, 3.8) is 0 Å². The number of hydrogen-bond acceptors (Lipinski definition) is 5. The van der Waals surface area contributed by atoms with Crippen LogP contribution in [0.3, 0.4) is 0 Å². The molecule has 0 bridgehead atoms. The molecule has 1 aliphatic rings. The van der Waals surface area contributed by atoms with Crippen molar-refractivity contribution in [3.8, 4) is 17.2 Å². The number of ether oxygens (including phenoxy) is 2. The van der Waals surface area contributed by atoms with Gasteiger partial charge in [0, 0.05) is 5.02 Å². The fourth-order valence-corrected chi connectivity index (χ4v) is 4.71. The first-order valence-corrected chi connectivity index (χ1v) is 11.6. The number of morpholine rings is 1. The summed E-state index contributed by atoms with van der Waals surface area (Å²) in [5.41, 5.74) is 0.0153. The number of rotatable bonds is 4. The van der Waals surface area contributed by atoms with E-state index in [1.807, 2.05) is 13.8 Å². The summed E-state index contributed by atoms with van der Waals surface area (Å²) in [6.07, 6.45) is -5.14. The first-order valence-electron chi connectivity index (χ1n) is 11.2. The van der Waals surface area contributed by atoms with E-state index in [-0.39, 0.29) is 46.8 Å². The molecule has 4 rings (SSSR count). The molecule has 2 heterocycles. The molecule has 2 aromatic carbocycles. The second-order valence-corrected chi connectivity index (χ2v) is 9.47. The Morgan fingerprint density at radius 1 is 1.14 bits per heavy atom. The topological polar surface area (TPSA) is 73.3 Å². The van der Waals surface area contributed by atoms with Gasteiger partial charge in [-0.3, -0.25) is 4.79 Å². The van der Waals surface area contributed by atoms with Gasteiger partial charge in [-0.05, 0) is 63.1 Å². The maximum Gasteiger partial charge on any atom is 0.453 e. The van der Waals surface area contributed by atoms with Crippen molar-refractivity contribution in [1.29, 1.82) is 0 Å². The molecule has 1 aromatic heterocycles. The van der Waals surface area contributed by atoms with Gasteiger partial charge in [0.2, 0.25) is 11.2 Å². The molecule has 0 aliphatic carbocycles. The van der Waals surface area contributed by atoms with Gasteiger partial charge in [-0.2, -0.15) is 13.2 Å². The first-order chi connectivity index (χ1) is 16.3. The minimum atomic E-state index is -5.02. The Bertz CT molecular complexity index is 1300. The van der Waals surface area contributed by atoms with Crippen LogP contribution in [-0.2, 0) is 17.5 Å². The van der Waals surface area contributed by atoms with E-state index in [0.717, 1.165) is 4.90 Å². The maximum atomic E-state index is 14.1. The molecule has 6 nitrogen and oxygen atoms in total. The van der Waals surface area contributed by atoms with Crippen LogP contribution in [0.5, 0.6) is 17.2 Å². The number of quaternary nitrogens is 1. The van der Waals surface area contributed by atoms with Crippen LogP contribution < -0.4 is 15.1 Å². The number of aryl methyl sites for hydroxylation is 2. The SMILES string of the molecule is Cc1cc(Oc2c(C(F)(F)F)oc3c(C[NH+]4CC(C)OC(C)C4)c(O)ccc3c2=O)cc(C)c1Cl. The fraction of sp³-hybridized carbons (Fsp3) is 0.400. The molecule has 1 fully saturated rings. The van der Waals surface area contributed by atoms with Crippen LogP contribution in [0.15, 0.2) is 33.5 Å². The predicted octanol–water partition coefficient (Wildman–Crippen LogP) is 4.77. The Morgan fingerprint density at radius 3 is 2.31 bits per heavy atom. The monoisotopic (exact) mass is 512 g/mol. The van der Waals surface area contributed by atoms with Gasteiger partial charge in [-0.1, -0.05) is 11.6 Å². The predicted molar refractivity (Wildman–Crippen MR) is 125 cm³/mol. The van der Waals surface area contributed by atoms with Crippen molar-refractivity contribution in [2.24, 2.45) is 0 Å². The molecule has 0 spiro atoms.